The van der Waals surface area contributed by atoms with E-state index in [1.165, 1.54) is 11.3 Å². The van der Waals surface area contributed by atoms with Crippen LogP contribution in [-0.4, -0.2) is 30.0 Å². The number of hydrogen-bond acceptors (Lipinski definition) is 6. The highest BCUT2D eigenvalue weighted by Crippen LogP contribution is 2.31. The predicted octanol–water partition coefficient (Wildman–Crippen LogP) is 4.88. The molecule has 1 aliphatic rings. The summed E-state index contributed by atoms with van der Waals surface area (Å²) in [5.41, 5.74) is 2.54. The van der Waals surface area contributed by atoms with Crippen LogP contribution in [0.2, 0.25) is 0 Å². The molecule has 3 heterocycles. The third kappa shape index (κ3) is 4.00. The largest absolute Gasteiger partial charge is 0.486 e. The topological polar surface area (TPSA) is 89.5 Å². The molecule has 2 aromatic carbocycles. The number of carbonyl (C=O) groups is 2. The van der Waals surface area contributed by atoms with Gasteiger partial charge in [-0.15, -0.1) is 11.3 Å². The average Bonchev–Trinajstić information content (AvgIpc) is 3.25. The van der Waals surface area contributed by atoms with Crippen molar-refractivity contribution in [2.24, 2.45) is 0 Å². The molecule has 5 rings (SSSR count). The van der Waals surface area contributed by atoms with Gasteiger partial charge in [0.25, 0.3) is 11.8 Å². The van der Waals surface area contributed by atoms with Crippen LogP contribution >= 0.6 is 11.3 Å². The Morgan fingerprint density at radius 2 is 1.78 bits per heavy atom. The summed E-state index contributed by atoms with van der Waals surface area (Å²) in [4.78, 5) is 31.2. The van der Waals surface area contributed by atoms with Crippen LogP contribution in [-0.2, 0) is 0 Å². The third-order valence-corrected chi connectivity index (χ3v) is 6.12. The second kappa shape index (κ2) is 8.32. The van der Waals surface area contributed by atoms with E-state index in [0.29, 0.717) is 46.5 Å². The minimum atomic E-state index is -0.279. The number of pyridine rings is 1. The minimum Gasteiger partial charge on any atom is -0.486 e. The quantitative estimate of drug-likeness (QED) is 0.467. The van der Waals surface area contributed by atoms with Crippen molar-refractivity contribution in [2.45, 2.75) is 6.92 Å². The lowest BCUT2D eigenvalue weighted by atomic mass is 10.1. The number of hydrogen-bond donors (Lipinski definition) is 2. The number of ether oxygens (including phenoxy) is 2. The van der Waals surface area contributed by atoms with Gasteiger partial charge in [-0.05, 0) is 55.0 Å². The van der Waals surface area contributed by atoms with E-state index < -0.39 is 0 Å². The molecule has 0 radical (unpaired) electrons. The molecule has 0 bridgehead atoms. The third-order valence-electron chi connectivity index (χ3n) is 5.07. The normalized spacial score (nSPS) is 12.4. The van der Waals surface area contributed by atoms with E-state index in [-0.39, 0.29) is 11.8 Å². The van der Waals surface area contributed by atoms with Crippen LogP contribution in [0.1, 0.15) is 25.6 Å². The number of nitrogens with one attached hydrogen (secondary N) is 2. The molecule has 7 nitrogen and oxygen atoms in total. The van der Waals surface area contributed by atoms with Crippen LogP contribution in [0.15, 0.2) is 60.8 Å². The summed E-state index contributed by atoms with van der Waals surface area (Å²) in [5.74, 6) is 0.688. The van der Waals surface area contributed by atoms with Crippen LogP contribution in [0.4, 0.5) is 11.4 Å². The van der Waals surface area contributed by atoms with Crippen molar-refractivity contribution in [3.63, 3.8) is 0 Å². The SMILES string of the molecule is Cc1ccc(NC(=O)c2ccc3c(c2)OCCO3)cc1NC(=O)c1cc2cccnc2s1. The Morgan fingerprint density at radius 1 is 0.938 bits per heavy atom. The highest BCUT2D eigenvalue weighted by atomic mass is 32.1. The fraction of sp³-hybridized carbons (Fsp3) is 0.125. The Labute approximate surface area is 188 Å². The maximum atomic E-state index is 12.8. The number of rotatable bonds is 4. The van der Waals surface area contributed by atoms with Crippen molar-refractivity contribution >= 4 is 44.7 Å². The summed E-state index contributed by atoms with van der Waals surface area (Å²) in [6, 6.07) is 16.1. The molecule has 0 atom stereocenters. The Balaban J connectivity index is 1.33. The van der Waals surface area contributed by atoms with Crippen LogP contribution < -0.4 is 20.1 Å². The lowest BCUT2D eigenvalue weighted by Crippen LogP contribution is -2.17. The van der Waals surface area contributed by atoms with E-state index in [9.17, 15) is 9.59 Å². The van der Waals surface area contributed by atoms with E-state index in [1.54, 1.807) is 36.5 Å². The van der Waals surface area contributed by atoms with Crippen molar-refractivity contribution in [1.82, 2.24) is 4.98 Å². The summed E-state index contributed by atoms with van der Waals surface area (Å²) in [6.45, 7) is 2.85. The highest BCUT2D eigenvalue weighted by Gasteiger charge is 2.16. The Bertz CT molecular complexity index is 1320. The average molecular weight is 446 g/mol. The van der Waals surface area contributed by atoms with Gasteiger partial charge in [0.1, 0.15) is 18.0 Å². The zero-order valence-corrected chi connectivity index (χ0v) is 18.0. The molecule has 0 saturated carbocycles. The molecule has 32 heavy (non-hydrogen) atoms. The number of aryl methyl sites for hydroxylation is 1. The van der Waals surface area contributed by atoms with Gasteiger partial charge in [-0.1, -0.05) is 12.1 Å². The molecule has 4 aromatic rings. The smallest absolute Gasteiger partial charge is 0.265 e. The predicted molar refractivity (Wildman–Crippen MR) is 124 cm³/mol. The lowest BCUT2D eigenvalue weighted by Gasteiger charge is -2.18. The maximum absolute atomic E-state index is 12.8. The first-order valence-corrected chi connectivity index (χ1v) is 10.9. The molecule has 8 heteroatoms. The Morgan fingerprint density at radius 3 is 2.62 bits per heavy atom. The van der Waals surface area contributed by atoms with E-state index >= 15 is 0 Å². The van der Waals surface area contributed by atoms with Gasteiger partial charge in [0.05, 0.1) is 4.88 Å². The summed E-state index contributed by atoms with van der Waals surface area (Å²) >= 11 is 1.34. The summed E-state index contributed by atoms with van der Waals surface area (Å²) < 4.78 is 11.0. The van der Waals surface area contributed by atoms with E-state index in [4.69, 9.17) is 9.47 Å². The molecular formula is C24H19N3O4S. The van der Waals surface area contributed by atoms with Crippen molar-refractivity contribution in [2.75, 3.05) is 23.8 Å². The molecule has 0 aliphatic carbocycles. The zero-order chi connectivity index (χ0) is 22.1. The number of carbonyl (C=O) groups excluding carboxylic acids is 2. The molecule has 0 spiro atoms. The molecule has 0 saturated heterocycles. The second-order valence-electron chi connectivity index (χ2n) is 7.30. The summed E-state index contributed by atoms with van der Waals surface area (Å²) in [6.07, 6.45) is 1.71. The number of aromatic nitrogens is 1. The second-order valence-corrected chi connectivity index (χ2v) is 8.34. The number of amides is 2. The van der Waals surface area contributed by atoms with Crippen LogP contribution in [0.25, 0.3) is 10.2 Å². The van der Waals surface area contributed by atoms with E-state index in [0.717, 1.165) is 15.8 Å². The summed E-state index contributed by atoms with van der Waals surface area (Å²) in [7, 11) is 0. The van der Waals surface area contributed by atoms with Crippen molar-refractivity contribution in [3.05, 3.63) is 76.8 Å². The van der Waals surface area contributed by atoms with Crippen LogP contribution in [0.5, 0.6) is 11.5 Å². The van der Waals surface area contributed by atoms with Crippen molar-refractivity contribution in [1.29, 1.82) is 0 Å². The molecule has 2 N–H and O–H groups in total. The fourth-order valence-corrected chi connectivity index (χ4v) is 4.29. The van der Waals surface area contributed by atoms with Gasteiger partial charge in [0, 0.05) is 28.5 Å². The maximum Gasteiger partial charge on any atom is 0.265 e. The highest BCUT2D eigenvalue weighted by molar-refractivity contribution is 7.20. The zero-order valence-electron chi connectivity index (χ0n) is 17.2. The number of thiophene rings is 1. The fourth-order valence-electron chi connectivity index (χ4n) is 3.39. The van der Waals surface area contributed by atoms with Crippen molar-refractivity contribution < 1.29 is 19.1 Å². The van der Waals surface area contributed by atoms with Gasteiger partial charge in [-0.25, -0.2) is 4.98 Å². The first kappa shape index (κ1) is 20.0. The van der Waals surface area contributed by atoms with Gasteiger partial charge in [0.2, 0.25) is 0 Å². The Kier molecular flexibility index (Phi) is 5.20. The molecule has 0 unspecified atom stereocenters. The number of anilines is 2. The minimum absolute atomic E-state index is 0.216. The number of nitrogens with zero attached hydrogens (tertiary/aromatic N) is 1. The lowest BCUT2D eigenvalue weighted by molar-refractivity contribution is 0.102. The molecule has 1 aliphatic heterocycles. The molecule has 0 fully saturated rings. The molecule has 2 aromatic heterocycles. The van der Waals surface area contributed by atoms with E-state index in [2.05, 4.69) is 15.6 Å². The molecule has 160 valence electrons. The summed E-state index contributed by atoms with van der Waals surface area (Å²) in [5, 5.41) is 6.74. The van der Waals surface area contributed by atoms with Gasteiger partial charge < -0.3 is 20.1 Å². The number of fused-ring (bicyclic) bond motifs is 2. The Hall–Kier alpha value is -3.91. The van der Waals surface area contributed by atoms with Crippen LogP contribution in [0.3, 0.4) is 0 Å². The van der Waals surface area contributed by atoms with Gasteiger partial charge in [-0.3, -0.25) is 9.59 Å². The van der Waals surface area contributed by atoms with Crippen LogP contribution in [0, 0.1) is 6.92 Å². The monoisotopic (exact) mass is 445 g/mol. The molecular weight excluding hydrogens is 426 g/mol. The first-order valence-electron chi connectivity index (χ1n) is 10.0. The van der Waals surface area contributed by atoms with E-state index in [1.807, 2.05) is 31.2 Å². The number of benzene rings is 2. The van der Waals surface area contributed by atoms with Gasteiger partial charge in [0.15, 0.2) is 11.5 Å². The van der Waals surface area contributed by atoms with Gasteiger partial charge in [-0.2, -0.15) is 0 Å². The standard InChI is InChI=1S/C24H19N3O4S/c1-14-4-6-17(26-22(28)15-5-7-19-20(11-15)31-10-9-30-19)13-18(14)27-23(29)21-12-16-3-2-8-25-24(16)32-21/h2-8,11-13H,9-10H2,1H3,(H,26,28)(H,27,29). The van der Waals surface area contributed by atoms with Gasteiger partial charge >= 0.3 is 0 Å². The first-order chi connectivity index (χ1) is 15.6. The van der Waals surface area contributed by atoms with Crippen molar-refractivity contribution in [3.8, 4) is 11.5 Å². The molecule has 2 amide bonds.